The molecule has 3 rings (SSSR count). The second-order valence-corrected chi connectivity index (χ2v) is 6.45. The topological polar surface area (TPSA) is 94.4 Å². The lowest BCUT2D eigenvalue weighted by Crippen LogP contribution is -2.50. The van der Waals surface area contributed by atoms with Crippen LogP contribution < -0.4 is 19.1 Å². The molecule has 9 heteroatoms. The molecule has 154 valence electrons. The molecule has 1 aliphatic heterocycles. The maximum Gasteiger partial charge on any atom is 0.273 e. The standard InChI is InChI=1S/C20H23N3O6/c1-27-17-6-3-15(4-7-17)21-9-11-22(12-10-21)20(24)14-29-19-13-16(23(25)26)5-8-18(19)28-2/h3-8,13H,9-12,14H2,1-2H3. The van der Waals surface area contributed by atoms with E-state index in [1.165, 1.54) is 25.3 Å². The highest BCUT2D eigenvalue weighted by atomic mass is 16.6. The molecule has 0 unspecified atom stereocenters. The second kappa shape index (κ2) is 9.13. The fourth-order valence-corrected chi connectivity index (χ4v) is 3.13. The van der Waals surface area contributed by atoms with Crippen LogP contribution in [0.1, 0.15) is 0 Å². The summed E-state index contributed by atoms with van der Waals surface area (Å²) in [6.45, 7) is 2.34. The van der Waals surface area contributed by atoms with E-state index in [4.69, 9.17) is 14.2 Å². The summed E-state index contributed by atoms with van der Waals surface area (Å²) in [5, 5.41) is 10.9. The van der Waals surface area contributed by atoms with Gasteiger partial charge in [-0.1, -0.05) is 0 Å². The molecule has 29 heavy (non-hydrogen) atoms. The Morgan fingerprint density at radius 1 is 1.00 bits per heavy atom. The summed E-state index contributed by atoms with van der Waals surface area (Å²) in [4.78, 5) is 26.9. The van der Waals surface area contributed by atoms with Crippen LogP contribution in [0, 0.1) is 10.1 Å². The third-order valence-corrected chi connectivity index (χ3v) is 4.78. The number of nitro benzene ring substituents is 1. The molecule has 1 saturated heterocycles. The van der Waals surface area contributed by atoms with E-state index >= 15 is 0 Å². The van der Waals surface area contributed by atoms with Crippen molar-refractivity contribution in [2.45, 2.75) is 0 Å². The average molecular weight is 401 g/mol. The molecule has 1 heterocycles. The Labute approximate surface area is 168 Å². The zero-order valence-corrected chi connectivity index (χ0v) is 16.4. The molecule has 0 spiro atoms. The maximum atomic E-state index is 12.5. The van der Waals surface area contributed by atoms with Crippen molar-refractivity contribution in [2.75, 3.05) is 51.9 Å². The fourth-order valence-electron chi connectivity index (χ4n) is 3.13. The summed E-state index contributed by atoms with van der Waals surface area (Å²) in [5.41, 5.74) is 0.955. The van der Waals surface area contributed by atoms with E-state index in [0.717, 1.165) is 11.4 Å². The number of ether oxygens (including phenoxy) is 3. The number of nitrogens with zero attached hydrogens (tertiary/aromatic N) is 3. The molecule has 1 amide bonds. The van der Waals surface area contributed by atoms with Crippen molar-refractivity contribution in [2.24, 2.45) is 0 Å². The van der Waals surface area contributed by atoms with Crippen LogP contribution in [-0.4, -0.2) is 62.7 Å². The van der Waals surface area contributed by atoms with Gasteiger partial charge in [0.05, 0.1) is 25.2 Å². The highest BCUT2D eigenvalue weighted by Crippen LogP contribution is 2.31. The zero-order valence-electron chi connectivity index (χ0n) is 16.4. The van der Waals surface area contributed by atoms with E-state index in [1.54, 1.807) is 12.0 Å². The summed E-state index contributed by atoms with van der Waals surface area (Å²) < 4.78 is 15.8. The molecule has 2 aromatic carbocycles. The summed E-state index contributed by atoms with van der Waals surface area (Å²) in [5.74, 6) is 1.14. The lowest BCUT2D eigenvalue weighted by atomic mass is 10.2. The van der Waals surface area contributed by atoms with Crippen molar-refractivity contribution in [3.8, 4) is 17.2 Å². The van der Waals surface area contributed by atoms with Gasteiger partial charge in [0.15, 0.2) is 18.1 Å². The van der Waals surface area contributed by atoms with Crippen molar-refractivity contribution < 1.29 is 23.9 Å². The first-order valence-corrected chi connectivity index (χ1v) is 9.14. The predicted molar refractivity (Wildman–Crippen MR) is 107 cm³/mol. The second-order valence-electron chi connectivity index (χ2n) is 6.45. The Bertz CT molecular complexity index is 863. The van der Waals surface area contributed by atoms with Crippen LogP contribution in [-0.2, 0) is 4.79 Å². The predicted octanol–water partition coefficient (Wildman–Crippen LogP) is 2.34. The number of hydrogen-bond donors (Lipinski definition) is 0. The molecule has 1 fully saturated rings. The monoisotopic (exact) mass is 401 g/mol. The summed E-state index contributed by atoms with van der Waals surface area (Å²) >= 11 is 0. The minimum Gasteiger partial charge on any atom is -0.497 e. The van der Waals surface area contributed by atoms with Gasteiger partial charge in [-0.3, -0.25) is 14.9 Å². The third-order valence-electron chi connectivity index (χ3n) is 4.78. The number of piperazine rings is 1. The normalized spacial score (nSPS) is 13.7. The van der Waals surface area contributed by atoms with Gasteiger partial charge in [0.25, 0.3) is 11.6 Å². The smallest absolute Gasteiger partial charge is 0.273 e. The van der Waals surface area contributed by atoms with Crippen LogP contribution in [0.5, 0.6) is 17.2 Å². The van der Waals surface area contributed by atoms with E-state index in [2.05, 4.69) is 4.90 Å². The van der Waals surface area contributed by atoms with E-state index < -0.39 is 4.92 Å². The first-order valence-electron chi connectivity index (χ1n) is 9.14. The van der Waals surface area contributed by atoms with E-state index in [0.29, 0.717) is 31.9 Å². The number of hydrogen-bond acceptors (Lipinski definition) is 7. The number of methoxy groups -OCH3 is 2. The van der Waals surface area contributed by atoms with E-state index in [1.807, 2.05) is 24.3 Å². The molecule has 0 N–H and O–H groups in total. The van der Waals surface area contributed by atoms with Gasteiger partial charge < -0.3 is 24.0 Å². The van der Waals surface area contributed by atoms with Gasteiger partial charge in [0, 0.05) is 37.9 Å². The molecule has 0 saturated carbocycles. The van der Waals surface area contributed by atoms with Crippen LogP contribution in [0.25, 0.3) is 0 Å². The number of non-ortho nitro benzene ring substituents is 1. The highest BCUT2D eigenvalue weighted by Gasteiger charge is 2.22. The average Bonchev–Trinajstić information content (AvgIpc) is 2.77. The van der Waals surface area contributed by atoms with E-state index in [9.17, 15) is 14.9 Å². The molecule has 0 bridgehead atoms. The van der Waals surface area contributed by atoms with Crippen LogP contribution in [0.4, 0.5) is 11.4 Å². The molecule has 0 aromatic heterocycles. The van der Waals surface area contributed by atoms with Crippen molar-refractivity contribution in [3.05, 3.63) is 52.6 Å². The number of carbonyl (C=O) groups is 1. The molecule has 9 nitrogen and oxygen atoms in total. The Kier molecular flexibility index (Phi) is 6.38. The molecule has 1 aliphatic rings. The number of anilines is 1. The van der Waals surface area contributed by atoms with Crippen LogP contribution in [0.15, 0.2) is 42.5 Å². The minimum absolute atomic E-state index is 0.124. The number of carbonyl (C=O) groups excluding carboxylic acids is 1. The fraction of sp³-hybridized carbons (Fsp3) is 0.350. The van der Waals surface area contributed by atoms with Gasteiger partial charge in [-0.05, 0) is 30.3 Å². The van der Waals surface area contributed by atoms with Gasteiger partial charge in [0.1, 0.15) is 5.75 Å². The van der Waals surface area contributed by atoms with Crippen molar-refractivity contribution >= 4 is 17.3 Å². The SMILES string of the molecule is COc1ccc(N2CCN(C(=O)COc3cc([N+](=O)[O-])ccc3OC)CC2)cc1. The van der Waals surface area contributed by atoms with Crippen molar-refractivity contribution in [1.29, 1.82) is 0 Å². The Hall–Kier alpha value is -3.49. The zero-order chi connectivity index (χ0) is 20.8. The molecule has 2 aromatic rings. The van der Waals surface area contributed by atoms with Gasteiger partial charge in [-0.25, -0.2) is 0 Å². The Balaban J connectivity index is 1.55. The summed E-state index contributed by atoms with van der Waals surface area (Å²) in [6.07, 6.45) is 0. The third kappa shape index (κ3) is 4.87. The lowest BCUT2D eigenvalue weighted by molar-refractivity contribution is -0.385. The number of nitro groups is 1. The van der Waals surface area contributed by atoms with E-state index in [-0.39, 0.29) is 24.0 Å². The number of benzene rings is 2. The minimum atomic E-state index is -0.521. The number of amides is 1. The van der Waals surface area contributed by atoms with Crippen LogP contribution in [0.3, 0.4) is 0 Å². The van der Waals surface area contributed by atoms with Gasteiger partial charge >= 0.3 is 0 Å². The number of rotatable bonds is 7. The van der Waals surface area contributed by atoms with Crippen molar-refractivity contribution in [3.63, 3.8) is 0 Å². The highest BCUT2D eigenvalue weighted by molar-refractivity contribution is 5.78. The first kappa shape index (κ1) is 20.2. The summed E-state index contributed by atoms with van der Waals surface area (Å²) in [6, 6.07) is 11.8. The maximum absolute atomic E-state index is 12.5. The molecular formula is C20H23N3O6. The Morgan fingerprint density at radius 3 is 2.28 bits per heavy atom. The molecule has 0 atom stereocenters. The largest absolute Gasteiger partial charge is 0.497 e. The molecular weight excluding hydrogens is 378 g/mol. The molecule has 0 radical (unpaired) electrons. The quantitative estimate of drug-likeness (QED) is 0.519. The summed E-state index contributed by atoms with van der Waals surface area (Å²) in [7, 11) is 3.07. The first-order chi connectivity index (χ1) is 14.0. The lowest BCUT2D eigenvalue weighted by Gasteiger charge is -2.36. The van der Waals surface area contributed by atoms with Crippen LogP contribution in [0.2, 0.25) is 0 Å². The van der Waals surface area contributed by atoms with Crippen molar-refractivity contribution in [1.82, 2.24) is 4.90 Å². The van der Waals surface area contributed by atoms with Gasteiger partial charge in [-0.2, -0.15) is 0 Å². The van der Waals surface area contributed by atoms with Crippen LogP contribution >= 0.6 is 0 Å². The Morgan fingerprint density at radius 2 is 1.69 bits per heavy atom. The molecule has 0 aliphatic carbocycles. The van der Waals surface area contributed by atoms with Gasteiger partial charge in [-0.15, -0.1) is 0 Å². The van der Waals surface area contributed by atoms with Gasteiger partial charge in [0.2, 0.25) is 0 Å².